The van der Waals surface area contributed by atoms with Crippen molar-refractivity contribution < 1.29 is 9.13 Å². The summed E-state index contributed by atoms with van der Waals surface area (Å²) in [4.78, 5) is 4.72. The molecule has 164 valence electrons. The molecule has 2 aromatic carbocycles. The van der Waals surface area contributed by atoms with Gasteiger partial charge in [0.2, 0.25) is 0 Å². The number of guanidine groups is 1. The molecule has 2 N–H and O–H groups in total. The van der Waals surface area contributed by atoms with Crippen LogP contribution in [0.25, 0.3) is 0 Å². The highest BCUT2D eigenvalue weighted by atomic mass is 127. The van der Waals surface area contributed by atoms with Gasteiger partial charge in [-0.05, 0) is 30.7 Å². The summed E-state index contributed by atoms with van der Waals surface area (Å²) in [5.74, 6) is 2.96. The number of para-hydroxylation sites is 1. The Bertz CT molecular complexity index is 1040. The Morgan fingerprint density at radius 3 is 2.71 bits per heavy atom. The molecule has 1 aliphatic rings. The van der Waals surface area contributed by atoms with Crippen LogP contribution in [-0.2, 0) is 20.1 Å². The molecule has 4 rings (SSSR count). The van der Waals surface area contributed by atoms with Crippen molar-refractivity contribution in [1.82, 2.24) is 25.4 Å². The first-order valence-electron chi connectivity index (χ1n) is 9.96. The zero-order valence-corrected chi connectivity index (χ0v) is 19.8. The number of fused-ring (bicyclic) bond motifs is 1. The van der Waals surface area contributed by atoms with E-state index in [0.717, 1.165) is 34.9 Å². The van der Waals surface area contributed by atoms with Gasteiger partial charge in [0.15, 0.2) is 11.8 Å². The monoisotopic (exact) mass is 536 g/mol. The molecule has 3 aromatic rings. The SMILES string of the molecule is Cc1nnc(CNC(=NCc2ccc(F)cc2)NC2CCOc3ccccc32)n1C.I. The average molecular weight is 536 g/mol. The van der Waals surface area contributed by atoms with Gasteiger partial charge in [0.25, 0.3) is 0 Å². The largest absolute Gasteiger partial charge is 0.493 e. The lowest BCUT2D eigenvalue weighted by Crippen LogP contribution is -2.41. The lowest BCUT2D eigenvalue weighted by atomic mass is 10.0. The number of aryl methyl sites for hydroxylation is 1. The smallest absolute Gasteiger partial charge is 0.192 e. The lowest BCUT2D eigenvalue weighted by Gasteiger charge is -2.28. The Balaban J connectivity index is 0.00000272. The van der Waals surface area contributed by atoms with Crippen molar-refractivity contribution in [3.63, 3.8) is 0 Å². The van der Waals surface area contributed by atoms with Crippen molar-refractivity contribution >= 4 is 29.9 Å². The fraction of sp³-hybridized carbons (Fsp3) is 0.318. The van der Waals surface area contributed by atoms with E-state index < -0.39 is 0 Å². The van der Waals surface area contributed by atoms with Crippen LogP contribution >= 0.6 is 24.0 Å². The van der Waals surface area contributed by atoms with Crippen molar-refractivity contribution in [3.05, 3.63) is 77.1 Å². The highest BCUT2D eigenvalue weighted by Gasteiger charge is 2.22. The predicted octanol–water partition coefficient (Wildman–Crippen LogP) is 3.64. The fourth-order valence-corrected chi connectivity index (χ4v) is 3.34. The normalized spacial score (nSPS) is 15.5. The van der Waals surface area contributed by atoms with Gasteiger partial charge in [0.05, 0.1) is 25.7 Å². The highest BCUT2D eigenvalue weighted by molar-refractivity contribution is 14.0. The van der Waals surface area contributed by atoms with E-state index in [4.69, 9.17) is 9.73 Å². The van der Waals surface area contributed by atoms with Gasteiger partial charge in [0, 0.05) is 19.0 Å². The Kier molecular flexibility index (Phi) is 7.83. The molecule has 31 heavy (non-hydrogen) atoms. The van der Waals surface area contributed by atoms with Crippen molar-refractivity contribution in [1.29, 1.82) is 0 Å². The van der Waals surface area contributed by atoms with Crippen LogP contribution in [0.4, 0.5) is 4.39 Å². The number of nitrogens with one attached hydrogen (secondary N) is 2. The maximum absolute atomic E-state index is 13.2. The third-order valence-corrected chi connectivity index (χ3v) is 5.20. The first kappa shape index (κ1) is 23.0. The van der Waals surface area contributed by atoms with Gasteiger partial charge in [-0.2, -0.15) is 0 Å². The number of ether oxygens (including phenoxy) is 1. The second-order valence-electron chi connectivity index (χ2n) is 7.24. The topological polar surface area (TPSA) is 76.4 Å². The van der Waals surface area contributed by atoms with Crippen molar-refractivity contribution in [2.24, 2.45) is 12.0 Å². The van der Waals surface area contributed by atoms with E-state index in [1.807, 2.05) is 36.7 Å². The Morgan fingerprint density at radius 1 is 1.19 bits per heavy atom. The average Bonchev–Trinajstić information content (AvgIpc) is 3.09. The third kappa shape index (κ3) is 5.72. The highest BCUT2D eigenvalue weighted by Crippen LogP contribution is 2.31. The first-order chi connectivity index (χ1) is 14.6. The van der Waals surface area contributed by atoms with Crippen LogP contribution in [0.5, 0.6) is 5.75 Å². The van der Waals surface area contributed by atoms with Crippen LogP contribution in [0.15, 0.2) is 53.5 Å². The predicted molar refractivity (Wildman–Crippen MR) is 128 cm³/mol. The zero-order valence-electron chi connectivity index (χ0n) is 17.5. The minimum Gasteiger partial charge on any atom is -0.493 e. The summed E-state index contributed by atoms with van der Waals surface area (Å²) in [6.45, 7) is 3.47. The van der Waals surface area contributed by atoms with Crippen LogP contribution in [0.3, 0.4) is 0 Å². The lowest BCUT2D eigenvalue weighted by molar-refractivity contribution is 0.261. The molecular formula is C22H26FIN6O. The summed E-state index contributed by atoms with van der Waals surface area (Å²) < 4.78 is 20.9. The van der Waals surface area contributed by atoms with Crippen LogP contribution in [0.1, 0.15) is 35.2 Å². The van der Waals surface area contributed by atoms with Gasteiger partial charge in [-0.25, -0.2) is 9.38 Å². The number of aromatic nitrogens is 3. The summed E-state index contributed by atoms with van der Waals surface area (Å²) in [5.41, 5.74) is 2.04. The molecule has 0 saturated carbocycles. The summed E-state index contributed by atoms with van der Waals surface area (Å²) in [5, 5.41) is 15.2. The molecule has 0 aliphatic carbocycles. The summed E-state index contributed by atoms with van der Waals surface area (Å²) >= 11 is 0. The second kappa shape index (κ2) is 10.6. The Labute approximate surface area is 198 Å². The van der Waals surface area contributed by atoms with E-state index in [0.29, 0.717) is 25.7 Å². The van der Waals surface area contributed by atoms with Gasteiger partial charge in [-0.1, -0.05) is 30.3 Å². The number of aliphatic imine (C=N–C) groups is 1. The summed E-state index contributed by atoms with van der Waals surface area (Å²) in [6.07, 6.45) is 0.831. The van der Waals surface area contributed by atoms with E-state index in [2.05, 4.69) is 26.9 Å². The van der Waals surface area contributed by atoms with Gasteiger partial charge < -0.3 is 19.9 Å². The molecule has 0 bridgehead atoms. The molecule has 1 atom stereocenters. The second-order valence-corrected chi connectivity index (χ2v) is 7.24. The number of halogens is 2. The minimum atomic E-state index is -0.254. The van der Waals surface area contributed by atoms with Crippen LogP contribution in [0, 0.1) is 12.7 Å². The van der Waals surface area contributed by atoms with E-state index in [1.54, 1.807) is 12.1 Å². The Hall–Kier alpha value is -2.69. The Morgan fingerprint density at radius 2 is 1.97 bits per heavy atom. The first-order valence-corrected chi connectivity index (χ1v) is 9.96. The van der Waals surface area contributed by atoms with Crippen LogP contribution < -0.4 is 15.4 Å². The van der Waals surface area contributed by atoms with Crippen molar-refractivity contribution in [3.8, 4) is 5.75 Å². The minimum absolute atomic E-state index is 0. The summed E-state index contributed by atoms with van der Waals surface area (Å²) in [7, 11) is 1.93. The molecule has 1 unspecified atom stereocenters. The number of benzene rings is 2. The van der Waals surface area contributed by atoms with E-state index in [1.165, 1.54) is 12.1 Å². The third-order valence-electron chi connectivity index (χ3n) is 5.20. The molecular weight excluding hydrogens is 510 g/mol. The van der Waals surface area contributed by atoms with Gasteiger partial charge in [-0.3, -0.25) is 0 Å². The molecule has 1 aromatic heterocycles. The quantitative estimate of drug-likeness (QED) is 0.296. The van der Waals surface area contributed by atoms with E-state index in [9.17, 15) is 4.39 Å². The maximum Gasteiger partial charge on any atom is 0.192 e. The number of rotatable bonds is 5. The van der Waals surface area contributed by atoms with Crippen molar-refractivity contribution in [2.75, 3.05) is 6.61 Å². The number of nitrogens with zero attached hydrogens (tertiary/aromatic N) is 4. The van der Waals surface area contributed by atoms with Crippen LogP contribution in [-0.4, -0.2) is 27.3 Å². The van der Waals surface area contributed by atoms with Gasteiger partial charge in [-0.15, -0.1) is 34.2 Å². The van der Waals surface area contributed by atoms with Gasteiger partial charge in [0.1, 0.15) is 17.4 Å². The number of hydrogen-bond donors (Lipinski definition) is 2. The molecule has 1 aliphatic heterocycles. The molecule has 7 nitrogen and oxygen atoms in total. The van der Waals surface area contributed by atoms with Crippen molar-refractivity contribution in [2.45, 2.75) is 32.5 Å². The van der Waals surface area contributed by atoms with E-state index in [-0.39, 0.29) is 35.8 Å². The van der Waals surface area contributed by atoms with E-state index >= 15 is 0 Å². The maximum atomic E-state index is 13.2. The molecule has 0 fully saturated rings. The molecule has 0 amide bonds. The molecule has 0 radical (unpaired) electrons. The summed E-state index contributed by atoms with van der Waals surface area (Å²) in [6, 6.07) is 14.5. The van der Waals surface area contributed by atoms with Gasteiger partial charge >= 0.3 is 0 Å². The molecule has 2 heterocycles. The zero-order chi connectivity index (χ0) is 20.9. The molecule has 0 saturated heterocycles. The number of hydrogen-bond acceptors (Lipinski definition) is 4. The molecule has 0 spiro atoms. The molecule has 9 heteroatoms. The van der Waals surface area contributed by atoms with Crippen LogP contribution in [0.2, 0.25) is 0 Å². The fourth-order valence-electron chi connectivity index (χ4n) is 3.34. The standard InChI is InChI=1S/C22H25FN6O.HI/c1-15-27-28-21(29(15)2)14-25-22(24-13-16-7-9-17(23)10-8-16)26-19-11-12-30-20-6-4-3-5-18(19)20;/h3-10,19H,11-14H2,1-2H3,(H2,24,25,26);1H.